The minimum atomic E-state index is 0.198. The Balaban J connectivity index is 1.48. The second kappa shape index (κ2) is 8.35. The van der Waals surface area contributed by atoms with Gasteiger partial charge in [-0.25, -0.2) is 0 Å². The second-order valence-corrected chi connectivity index (χ2v) is 8.02. The third-order valence-corrected chi connectivity index (χ3v) is 5.98. The molecular formula is C19H24ClN3O2S. The van der Waals surface area contributed by atoms with Gasteiger partial charge in [0.25, 0.3) is 0 Å². The number of carbonyl (C=O) groups is 1. The summed E-state index contributed by atoms with van der Waals surface area (Å²) >= 11 is 7.75. The van der Waals surface area contributed by atoms with E-state index in [9.17, 15) is 4.79 Å². The third-order valence-electron chi connectivity index (χ3n) is 4.80. The van der Waals surface area contributed by atoms with Gasteiger partial charge >= 0.3 is 0 Å². The Morgan fingerprint density at radius 3 is 2.62 bits per heavy atom. The lowest BCUT2D eigenvalue weighted by molar-refractivity contribution is -0.128. The predicted octanol–water partition coefficient (Wildman–Crippen LogP) is 3.84. The highest BCUT2D eigenvalue weighted by atomic mass is 35.5. The first-order valence-corrected chi connectivity index (χ1v) is 10.3. The molecule has 140 valence electrons. The summed E-state index contributed by atoms with van der Waals surface area (Å²) < 4.78 is 5.17. The lowest BCUT2D eigenvalue weighted by Gasteiger charge is -2.37. The highest BCUT2D eigenvalue weighted by Crippen LogP contribution is 2.25. The van der Waals surface area contributed by atoms with Crippen molar-refractivity contribution < 1.29 is 9.32 Å². The Morgan fingerprint density at radius 1 is 1.23 bits per heavy atom. The molecule has 0 spiro atoms. The van der Waals surface area contributed by atoms with E-state index in [1.165, 1.54) is 5.56 Å². The SMILES string of the molecule is Cc1ccc(Cl)cc1N1CCN(C(=O)CSCc2c(C)noc2C)CC1. The summed E-state index contributed by atoms with van der Waals surface area (Å²) in [5, 5.41) is 4.71. The Hall–Kier alpha value is -1.66. The van der Waals surface area contributed by atoms with Crippen LogP contribution in [0.5, 0.6) is 0 Å². The highest BCUT2D eigenvalue weighted by molar-refractivity contribution is 7.99. The molecule has 3 rings (SSSR count). The van der Waals surface area contributed by atoms with Crippen molar-refractivity contribution in [2.45, 2.75) is 26.5 Å². The molecule has 1 aromatic carbocycles. The second-order valence-electron chi connectivity index (χ2n) is 6.59. The standard InChI is InChI=1S/C19H24ClN3O2S/c1-13-4-5-16(20)10-18(13)22-6-8-23(9-7-22)19(24)12-26-11-17-14(2)21-25-15(17)3/h4-5,10H,6-9,11-12H2,1-3H3. The molecule has 7 heteroatoms. The van der Waals surface area contributed by atoms with Crippen LogP contribution in [0.1, 0.15) is 22.6 Å². The number of rotatable bonds is 5. The van der Waals surface area contributed by atoms with Gasteiger partial charge in [-0.3, -0.25) is 4.79 Å². The zero-order valence-corrected chi connectivity index (χ0v) is 17.0. The molecule has 0 saturated carbocycles. The Morgan fingerprint density at radius 2 is 1.96 bits per heavy atom. The average molecular weight is 394 g/mol. The minimum absolute atomic E-state index is 0.198. The molecule has 5 nitrogen and oxygen atoms in total. The number of halogens is 1. The van der Waals surface area contributed by atoms with Gasteiger partial charge in [0, 0.05) is 48.2 Å². The summed E-state index contributed by atoms with van der Waals surface area (Å²) in [6.07, 6.45) is 0. The summed E-state index contributed by atoms with van der Waals surface area (Å²) in [4.78, 5) is 16.7. The molecule has 0 bridgehead atoms. The number of hydrogen-bond donors (Lipinski definition) is 0. The van der Waals surface area contributed by atoms with Crippen molar-refractivity contribution in [2.75, 3.05) is 36.8 Å². The Labute approximate surface area is 163 Å². The van der Waals surface area contributed by atoms with E-state index in [-0.39, 0.29) is 5.91 Å². The maximum absolute atomic E-state index is 12.5. The number of amides is 1. The zero-order valence-electron chi connectivity index (χ0n) is 15.4. The first-order chi connectivity index (χ1) is 12.5. The molecule has 0 atom stereocenters. The van der Waals surface area contributed by atoms with Crippen molar-refractivity contribution in [2.24, 2.45) is 0 Å². The normalized spacial score (nSPS) is 14.8. The number of piperazine rings is 1. The molecule has 1 saturated heterocycles. The van der Waals surface area contributed by atoms with Gasteiger partial charge in [0.15, 0.2) is 0 Å². The molecule has 0 aliphatic carbocycles. The fourth-order valence-electron chi connectivity index (χ4n) is 3.16. The molecule has 26 heavy (non-hydrogen) atoms. The third kappa shape index (κ3) is 4.35. The van der Waals surface area contributed by atoms with Crippen LogP contribution in [0.25, 0.3) is 0 Å². The van der Waals surface area contributed by atoms with Crippen LogP contribution in [-0.2, 0) is 10.5 Å². The number of aromatic nitrogens is 1. The van der Waals surface area contributed by atoms with Crippen molar-refractivity contribution in [3.05, 3.63) is 45.8 Å². The van der Waals surface area contributed by atoms with E-state index in [0.29, 0.717) is 5.75 Å². The van der Waals surface area contributed by atoms with Crippen molar-refractivity contribution in [1.29, 1.82) is 0 Å². The number of hydrogen-bond acceptors (Lipinski definition) is 5. The smallest absolute Gasteiger partial charge is 0.232 e. The van der Waals surface area contributed by atoms with Crippen LogP contribution in [-0.4, -0.2) is 47.9 Å². The summed E-state index contributed by atoms with van der Waals surface area (Å²) in [7, 11) is 0. The average Bonchev–Trinajstić information content (AvgIpc) is 2.96. The fraction of sp³-hybridized carbons (Fsp3) is 0.474. The van der Waals surface area contributed by atoms with Gasteiger partial charge in [0.1, 0.15) is 5.76 Å². The maximum atomic E-state index is 12.5. The summed E-state index contributed by atoms with van der Waals surface area (Å²) in [5.74, 6) is 2.28. The maximum Gasteiger partial charge on any atom is 0.232 e. The molecule has 1 aliphatic heterocycles. The number of carbonyl (C=O) groups excluding carboxylic acids is 1. The predicted molar refractivity (Wildman–Crippen MR) is 107 cm³/mol. The number of nitrogens with zero attached hydrogens (tertiary/aromatic N) is 3. The topological polar surface area (TPSA) is 49.6 Å². The molecule has 1 aromatic heterocycles. The van der Waals surface area contributed by atoms with Gasteiger partial charge in [0.2, 0.25) is 5.91 Å². The van der Waals surface area contributed by atoms with Gasteiger partial charge in [-0.15, -0.1) is 11.8 Å². The number of thioether (sulfide) groups is 1. The number of aryl methyl sites for hydroxylation is 3. The minimum Gasteiger partial charge on any atom is -0.368 e. The van der Waals surface area contributed by atoms with Gasteiger partial charge in [-0.1, -0.05) is 22.8 Å². The van der Waals surface area contributed by atoms with Crippen LogP contribution in [0, 0.1) is 20.8 Å². The molecule has 0 unspecified atom stereocenters. The zero-order chi connectivity index (χ0) is 18.7. The molecular weight excluding hydrogens is 370 g/mol. The summed E-state index contributed by atoms with van der Waals surface area (Å²) in [5.41, 5.74) is 4.39. The lowest BCUT2D eigenvalue weighted by Crippen LogP contribution is -2.49. The van der Waals surface area contributed by atoms with Crippen LogP contribution in [0.3, 0.4) is 0 Å². The lowest BCUT2D eigenvalue weighted by atomic mass is 10.1. The van der Waals surface area contributed by atoms with E-state index in [2.05, 4.69) is 17.0 Å². The fourth-order valence-corrected chi connectivity index (χ4v) is 4.40. The molecule has 1 amide bonds. The van der Waals surface area contributed by atoms with Crippen molar-refractivity contribution >= 4 is 35.0 Å². The first-order valence-electron chi connectivity index (χ1n) is 8.74. The van der Waals surface area contributed by atoms with E-state index >= 15 is 0 Å². The first kappa shape index (κ1) is 19.1. The van der Waals surface area contributed by atoms with Crippen molar-refractivity contribution in [1.82, 2.24) is 10.1 Å². The van der Waals surface area contributed by atoms with E-state index in [1.807, 2.05) is 36.9 Å². The number of benzene rings is 1. The van der Waals surface area contributed by atoms with E-state index in [4.69, 9.17) is 16.1 Å². The van der Waals surface area contributed by atoms with Crippen LogP contribution >= 0.6 is 23.4 Å². The van der Waals surface area contributed by atoms with Crippen LogP contribution < -0.4 is 4.90 Å². The van der Waals surface area contributed by atoms with E-state index < -0.39 is 0 Å². The van der Waals surface area contributed by atoms with Crippen LogP contribution in [0.15, 0.2) is 22.7 Å². The molecule has 0 N–H and O–H groups in total. The van der Waals surface area contributed by atoms with E-state index in [1.54, 1.807) is 11.8 Å². The highest BCUT2D eigenvalue weighted by Gasteiger charge is 2.22. The van der Waals surface area contributed by atoms with Crippen LogP contribution in [0.2, 0.25) is 5.02 Å². The monoisotopic (exact) mass is 393 g/mol. The summed E-state index contributed by atoms with van der Waals surface area (Å²) in [6.45, 7) is 9.10. The van der Waals surface area contributed by atoms with Gasteiger partial charge in [-0.2, -0.15) is 0 Å². The molecule has 0 radical (unpaired) electrons. The largest absolute Gasteiger partial charge is 0.368 e. The Bertz CT molecular complexity index is 766. The molecule has 2 heterocycles. The molecule has 2 aromatic rings. The number of anilines is 1. The van der Waals surface area contributed by atoms with Gasteiger partial charge < -0.3 is 14.3 Å². The molecule has 1 aliphatic rings. The van der Waals surface area contributed by atoms with Crippen LogP contribution in [0.4, 0.5) is 5.69 Å². The quantitative estimate of drug-likeness (QED) is 0.772. The van der Waals surface area contributed by atoms with E-state index in [0.717, 1.165) is 59.7 Å². The van der Waals surface area contributed by atoms with Gasteiger partial charge in [0.05, 0.1) is 11.4 Å². The van der Waals surface area contributed by atoms with Crippen molar-refractivity contribution in [3.8, 4) is 0 Å². The summed E-state index contributed by atoms with van der Waals surface area (Å²) in [6, 6.07) is 5.96. The van der Waals surface area contributed by atoms with Crippen molar-refractivity contribution in [3.63, 3.8) is 0 Å². The molecule has 1 fully saturated rings. The Kier molecular flexibility index (Phi) is 6.14. The van der Waals surface area contributed by atoms with Gasteiger partial charge in [-0.05, 0) is 38.5 Å².